The molecule has 1 aliphatic rings. The third kappa shape index (κ3) is 3.56. The van der Waals surface area contributed by atoms with Crippen molar-refractivity contribution in [2.45, 2.75) is 44.6 Å². The van der Waals surface area contributed by atoms with Crippen molar-refractivity contribution in [2.75, 3.05) is 6.54 Å². The second-order valence-corrected chi connectivity index (χ2v) is 6.79. The van der Waals surface area contributed by atoms with Crippen LogP contribution in [0.1, 0.15) is 38.0 Å². The monoisotopic (exact) mass is 266 g/mol. The van der Waals surface area contributed by atoms with Crippen LogP contribution in [0.2, 0.25) is 0 Å². The van der Waals surface area contributed by atoms with Crippen LogP contribution >= 0.6 is 11.3 Å². The van der Waals surface area contributed by atoms with Crippen LogP contribution in [0, 0.1) is 5.92 Å². The number of hydrogen-bond acceptors (Lipinski definition) is 3. The molecule has 1 heterocycles. The van der Waals surface area contributed by atoms with Gasteiger partial charge >= 0.3 is 0 Å². The van der Waals surface area contributed by atoms with E-state index in [0.717, 1.165) is 0 Å². The number of nitrogens with two attached hydrogens (primary N) is 1. The highest BCUT2D eigenvalue weighted by Gasteiger charge is 2.30. The Hall–Kier alpha value is -0.870. The molecule has 0 radical (unpaired) electrons. The third-order valence-electron chi connectivity index (χ3n) is 3.56. The molecule has 0 spiro atoms. The van der Waals surface area contributed by atoms with Gasteiger partial charge in [-0.1, -0.05) is 19.9 Å². The molecule has 1 aromatic rings. The number of amides is 1. The van der Waals surface area contributed by atoms with Crippen LogP contribution in [0.5, 0.6) is 0 Å². The molecule has 2 rings (SSSR count). The van der Waals surface area contributed by atoms with Crippen molar-refractivity contribution in [2.24, 2.45) is 11.7 Å². The molecule has 1 atom stereocenters. The summed E-state index contributed by atoms with van der Waals surface area (Å²) in [4.78, 5) is 13.1. The maximum atomic E-state index is 11.8. The number of thiophene rings is 1. The number of carbonyl (C=O) groups excluding carboxylic acids is 1. The molecule has 0 aromatic carbocycles. The van der Waals surface area contributed by atoms with E-state index >= 15 is 0 Å². The van der Waals surface area contributed by atoms with Gasteiger partial charge in [0.15, 0.2) is 0 Å². The van der Waals surface area contributed by atoms with E-state index in [1.54, 1.807) is 11.3 Å². The zero-order valence-corrected chi connectivity index (χ0v) is 11.9. The van der Waals surface area contributed by atoms with Crippen LogP contribution in [0.15, 0.2) is 17.5 Å². The molecular formula is C14H22N2OS. The van der Waals surface area contributed by atoms with Gasteiger partial charge in [0.25, 0.3) is 0 Å². The number of carbonyl (C=O) groups is 1. The first-order valence-electron chi connectivity index (χ1n) is 6.55. The Morgan fingerprint density at radius 1 is 1.61 bits per heavy atom. The molecule has 4 heteroatoms. The van der Waals surface area contributed by atoms with Crippen molar-refractivity contribution in [3.63, 3.8) is 0 Å². The summed E-state index contributed by atoms with van der Waals surface area (Å²) in [5.74, 6) is 0.667. The highest BCUT2D eigenvalue weighted by molar-refractivity contribution is 7.10. The first-order valence-corrected chi connectivity index (χ1v) is 7.43. The molecule has 1 amide bonds. The van der Waals surface area contributed by atoms with E-state index in [1.165, 1.54) is 17.7 Å². The second-order valence-electron chi connectivity index (χ2n) is 5.84. The average molecular weight is 266 g/mol. The molecule has 1 aromatic heterocycles. The lowest BCUT2D eigenvalue weighted by atomic mass is 9.91. The Balaban J connectivity index is 1.78. The number of hydrogen-bond donors (Lipinski definition) is 2. The molecule has 0 bridgehead atoms. The average Bonchev–Trinajstić information content (AvgIpc) is 3.01. The minimum Gasteiger partial charge on any atom is -0.355 e. The second kappa shape index (κ2) is 5.41. The maximum Gasteiger partial charge on any atom is 0.221 e. The Morgan fingerprint density at radius 3 is 2.89 bits per heavy atom. The van der Waals surface area contributed by atoms with Gasteiger partial charge in [-0.05, 0) is 30.2 Å². The van der Waals surface area contributed by atoms with Gasteiger partial charge in [-0.25, -0.2) is 0 Å². The fourth-order valence-electron chi connectivity index (χ4n) is 2.05. The van der Waals surface area contributed by atoms with E-state index < -0.39 is 0 Å². The van der Waals surface area contributed by atoms with E-state index in [4.69, 9.17) is 5.73 Å². The molecular weight excluding hydrogens is 244 g/mol. The lowest BCUT2D eigenvalue weighted by molar-refractivity contribution is -0.121. The van der Waals surface area contributed by atoms with Crippen LogP contribution in [0.3, 0.4) is 0 Å². The van der Waals surface area contributed by atoms with Crippen LogP contribution in [0.25, 0.3) is 0 Å². The van der Waals surface area contributed by atoms with Gasteiger partial charge in [0.2, 0.25) is 5.91 Å². The predicted molar refractivity (Wildman–Crippen MR) is 75.7 cm³/mol. The molecule has 1 fully saturated rings. The normalized spacial score (nSPS) is 17.5. The van der Waals surface area contributed by atoms with Crippen molar-refractivity contribution in [1.29, 1.82) is 0 Å². The van der Waals surface area contributed by atoms with Crippen molar-refractivity contribution in [3.05, 3.63) is 22.4 Å². The zero-order chi connectivity index (χ0) is 13.2. The van der Waals surface area contributed by atoms with Gasteiger partial charge < -0.3 is 11.1 Å². The predicted octanol–water partition coefficient (Wildman–Crippen LogP) is 2.27. The smallest absolute Gasteiger partial charge is 0.221 e. The molecule has 3 nitrogen and oxygen atoms in total. The Kier molecular flexibility index (Phi) is 4.07. The van der Waals surface area contributed by atoms with Crippen molar-refractivity contribution >= 4 is 17.2 Å². The molecule has 1 saturated carbocycles. The summed E-state index contributed by atoms with van der Waals surface area (Å²) in [6, 6.07) is 4.22. The van der Waals surface area contributed by atoms with Crippen LogP contribution in [-0.4, -0.2) is 18.5 Å². The molecule has 0 saturated heterocycles. The topological polar surface area (TPSA) is 55.1 Å². The van der Waals surface area contributed by atoms with E-state index in [2.05, 4.69) is 30.6 Å². The SMILES string of the molecule is CC(C)(CNC(=O)CC(N)C1CC1)c1cccs1. The van der Waals surface area contributed by atoms with E-state index in [-0.39, 0.29) is 17.4 Å². The summed E-state index contributed by atoms with van der Waals surface area (Å²) in [5, 5.41) is 5.08. The highest BCUT2D eigenvalue weighted by atomic mass is 32.1. The fraction of sp³-hybridized carbons (Fsp3) is 0.643. The standard InChI is InChI=1S/C14H22N2OS/c1-14(2,12-4-3-7-18-12)9-16-13(17)8-11(15)10-5-6-10/h3-4,7,10-11H,5-6,8-9,15H2,1-2H3,(H,16,17). The summed E-state index contributed by atoms with van der Waals surface area (Å²) < 4.78 is 0. The molecule has 1 unspecified atom stereocenters. The van der Waals surface area contributed by atoms with E-state index in [9.17, 15) is 4.79 Å². The summed E-state index contributed by atoms with van der Waals surface area (Å²) >= 11 is 1.73. The lowest BCUT2D eigenvalue weighted by Gasteiger charge is -2.24. The summed E-state index contributed by atoms with van der Waals surface area (Å²) in [7, 11) is 0. The van der Waals surface area contributed by atoms with Crippen molar-refractivity contribution in [1.82, 2.24) is 5.32 Å². The maximum absolute atomic E-state index is 11.8. The van der Waals surface area contributed by atoms with Gasteiger partial charge in [0.05, 0.1) is 0 Å². The Bertz CT molecular complexity index is 396. The molecule has 3 N–H and O–H groups in total. The van der Waals surface area contributed by atoms with E-state index in [0.29, 0.717) is 18.9 Å². The summed E-state index contributed by atoms with van der Waals surface area (Å²) in [6.45, 7) is 4.98. The molecule has 100 valence electrons. The van der Waals surface area contributed by atoms with Gasteiger partial charge in [-0.2, -0.15) is 0 Å². The van der Waals surface area contributed by atoms with Crippen molar-refractivity contribution in [3.8, 4) is 0 Å². The van der Waals surface area contributed by atoms with Crippen LogP contribution < -0.4 is 11.1 Å². The largest absolute Gasteiger partial charge is 0.355 e. The quantitative estimate of drug-likeness (QED) is 0.830. The first-order chi connectivity index (χ1) is 8.49. The van der Waals surface area contributed by atoms with Crippen molar-refractivity contribution < 1.29 is 4.79 Å². The lowest BCUT2D eigenvalue weighted by Crippen LogP contribution is -2.39. The number of rotatable bonds is 6. The summed E-state index contributed by atoms with van der Waals surface area (Å²) in [5.41, 5.74) is 5.95. The highest BCUT2D eigenvalue weighted by Crippen LogP contribution is 2.32. The molecule has 1 aliphatic carbocycles. The van der Waals surface area contributed by atoms with Gasteiger partial charge in [-0.3, -0.25) is 4.79 Å². The van der Waals surface area contributed by atoms with Crippen LogP contribution in [-0.2, 0) is 10.2 Å². The van der Waals surface area contributed by atoms with Gasteiger partial charge in [-0.15, -0.1) is 11.3 Å². The minimum atomic E-state index is -0.00645. The summed E-state index contributed by atoms with van der Waals surface area (Å²) in [6.07, 6.45) is 2.84. The fourth-order valence-corrected chi connectivity index (χ4v) is 2.90. The Labute approximate surface area is 113 Å². The van der Waals surface area contributed by atoms with Gasteiger partial charge in [0, 0.05) is 29.3 Å². The first kappa shape index (κ1) is 13.6. The van der Waals surface area contributed by atoms with Crippen LogP contribution in [0.4, 0.5) is 0 Å². The number of nitrogens with one attached hydrogen (secondary N) is 1. The van der Waals surface area contributed by atoms with E-state index in [1.807, 2.05) is 6.07 Å². The molecule has 18 heavy (non-hydrogen) atoms. The zero-order valence-electron chi connectivity index (χ0n) is 11.1. The Morgan fingerprint density at radius 2 is 2.33 bits per heavy atom. The van der Waals surface area contributed by atoms with Gasteiger partial charge in [0.1, 0.15) is 0 Å². The third-order valence-corrected chi connectivity index (χ3v) is 4.80. The minimum absolute atomic E-state index is 0.00645. The molecule has 0 aliphatic heterocycles.